The number of hydrogen-bond acceptors (Lipinski definition) is 2. The number of hydrogen-bond donors (Lipinski definition) is 2. The van der Waals surface area contributed by atoms with Crippen LogP contribution in [0.4, 0.5) is 0 Å². The Hall–Kier alpha value is -3.20. The lowest BCUT2D eigenvalue weighted by molar-refractivity contribution is 0.381. The van der Waals surface area contributed by atoms with E-state index < -0.39 is 0 Å². The molecule has 0 spiro atoms. The number of rotatable bonds is 9. The van der Waals surface area contributed by atoms with Gasteiger partial charge in [0.2, 0.25) is 0 Å². The quantitative estimate of drug-likeness (QED) is 0.281. The summed E-state index contributed by atoms with van der Waals surface area (Å²) in [6.45, 7) is 10.3. The van der Waals surface area contributed by atoms with E-state index in [1.54, 1.807) is 0 Å². The third-order valence-electron chi connectivity index (χ3n) is 6.27. The van der Waals surface area contributed by atoms with Crippen molar-refractivity contribution in [2.24, 2.45) is 0 Å². The fourth-order valence-corrected chi connectivity index (χ4v) is 4.97. The van der Waals surface area contributed by atoms with Crippen molar-refractivity contribution in [3.63, 3.8) is 0 Å². The maximum absolute atomic E-state index is 3.90. The second-order valence-electron chi connectivity index (χ2n) is 9.53. The molecule has 0 aromatic heterocycles. The van der Waals surface area contributed by atoms with Crippen LogP contribution in [0.2, 0.25) is 0 Å². The Labute approximate surface area is 205 Å². The van der Waals surface area contributed by atoms with Gasteiger partial charge < -0.3 is 10.6 Å². The van der Waals surface area contributed by atoms with Crippen molar-refractivity contribution in [1.29, 1.82) is 0 Å². The van der Waals surface area contributed by atoms with Crippen molar-refractivity contribution >= 4 is 0 Å². The van der Waals surface area contributed by atoms with Crippen LogP contribution < -0.4 is 10.6 Å². The normalized spacial score (nSPS) is 12.9. The molecule has 2 heteroatoms. The summed E-state index contributed by atoms with van der Waals surface area (Å²) >= 11 is 0. The van der Waals surface area contributed by atoms with Crippen LogP contribution in [0, 0.1) is 27.7 Å². The van der Waals surface area contributed by atoms with Crippen molar-refractivity contribution in [2.45, 2.75) is 52.9 Å². The number of nitrogens with one attached hydrogen (secondary N) is 2. The number of benzene rings is 4. The van der Waals surface area contributed by atoms with Gasteiger partial charge in [-0.15, -0.1) is 0 Å². The van der Waals surface area contributed by atoms with Gasteiger partial charge in [0.05, 0.1) is 12.1 Å². The van der Waals surface area contributed by atoms with E-state index in [0.29, 0.717) is 0 Å². The van der Waals surface area contributed by atoms with E-state index >= 15 is 0 Å². The highest BCUT2D eigenvalue weighted by Crippen LogP contribution is 2.30. The van der Waals surface area contributed by atoms with Crippen molar-refractivity contribution in [3.8, 4) is 0 Å². The first-order chi connectivity index (χ1) is 16.5. The minimum Gasteiger partial charge on any atom is -0.304 e. The highest BCUT2D eigenvalue weighted by Gasteiger charge is 2.24. The third kappa shape index (κ3) is 6.44. The Morgan fingerprint density at radius 2 is 0.794 bits per heavy atom. The second kappa shape index (κ2) is 11.3. The molecule has 0 amide bonds. The molecule has 0 unspecified atom stereocenters. The fourth-order valence-electron chi connectivity index (χ4n) is 4.97. The lowest BCUT2D eigenvalue weighted by atomic mass is 9.92. The summed E-state index contributed by atoms with van der Waals surface area (Å²) in [6, 6.07) is 35.4. The van der Waals surface area contributed by atoms with Gasteiger partial charge in [-0.1, -0.05) is 119 Å². The van der Waals surface area contributed by atoms with Crippen molar-refractivity contribution in [2.75, 3.05) is 0 Å². The van der Waals surface area contributed by atoms with Crippen LogP contribution in [0.3, 0.4) is 0 Å². The molecule has 4 aromatic rings. The molecule has 0 aliphatic heterocycles. The van der Waals surface area contributed by atoms with Crippen LogP contribution in [0.15, 0.2) is 97.1 Å². The predicted octanol–water partition coefficient (Wildman–Crippen LogP) is 7.28. The molecule has 174 valence electrons. The van der Waals surface area contributed by atoms with E-state index in [1.807, 2.05) is 0 Å². The van der Waals surface area contributed by atoms with Gasteiger partial charge in [-0.05, 0) is 49.9 Å². The summed E-state index contributed by atoms with van der Waals surface area (Å²) in [7, 11) is 0. The molecule has 0 fully saturated rings. The summed E-state index contributed by atoms with van der Waals surface area (Å²) in [5, 5.41) is 7.80. The molecule has 2 N–H and O–H groups in total. The molecular formula is C32H36N2. The molecule has 0 saturated heterocycles. The van der Waals surface area contributed by atoms with E-state index in [1.165, 1.54) is 44.5 Å². The molecule has 0 radical (unpaired) electrons. The Kier molecular flexibility index (Phi) is 7.95. The lowest BCUT2D eigenvalue weighted by Crippen LogP contribution is -2.35. The van der Waals surface area contributed by atoms with Crippen LogP contribution in [-0.4, -0.2) is 0 Å². The fraction of sp³-hybridized carbons (Fsp3) is 0.250. The zero-order valence-corrected chi connectivity index (χ0v) is 20.8. The van der Waals surface area contributed by atoms with Gasteiger partial charge >= 0.3 is 0 Å². The summed E-state index contributed by atoms with van der Waals surface area (Å²) in [4.78, 5) is 0. The van der Waals surface area contributed by atoms with Crippen molar-refractivity contribution in [1.82, 2.24) is 10.6 Å². The summed E-state index contributed by atoms with van der Waals surface area (Å²) in [5.41, 5.74) is 10.4. The van der Waals surface area contributed by atoms with Gasteiger partial charge in [-0.3, -0.25) is 0 Å². The first-order valence-electron chi connectivity index (χ1n) is 12.2. The first-order valence-corrected chi connectivity index (χ1v) is 12.2. The van der Waals surface area contributed by atoms with E-state index in [4.69, 9.17) is 0 Å². The van der Waals surface area contributed by atoms with Crippen LogP contribution in [0.1, 0.15) is 56.6 Å². The Balaban J connectivity index is 1.65. The molecule has 2 nitrogen and oxygen atoms in total. The maximum Gasteiger partial charge on any atom is 0.0521 e. The molecule has 4 rings (SSSR count). The van der Waals surface area contributed by atoms with Gasteiger partial charge in [-0.2, -0.15) is 0 Å². The maximum atomic E-state index is 3.90. The van der Waals surface area contributed by atoms with Gasteiger partial charge in [0.15, 0.2) is 0 Å². The smallest absolute Gasteiger partial charge is 0.0521 e. The zero-order valence-electron chi connectivity index (χ0n) is 20.8. The van der Waals surface area contributed by atoms with Gasteiger partial charge in [0.1, 0.15) is 0 Å². The molecular weight excluding hydrogens is 412 g/mol. The van der Waals surface area contributed by atoms with E-state index in [0.717, 1.165) is 13.1 Å². The Morgan fingerprint density at radius 3 is 1.12 bits per heavy atom. The van der Waals surface area contributed by atoms with E-state index in [9.17, 15) is 0 Å². The van der Waals surface area contributed by atoms with Crippen LogP contribution in [0.5, 0.6) is 0 Å². The molecule has 0 heterocycles. The SMILES string of the molecule is Cc1cc(C)cc(CN[C@H](c2ccccc2)[C@H](NCc2cc(C)cc(C)c2)c2ccccc2)c1. The highest BCUT2D eigenvalue weighted by atomic mass is 15.0. The van der Waals surface area contributed by atoms with Crippen LogP contribution in [0.25, 0.3) is 0 Å². The Bertz CT molecular complexity index is 1060. The summed E-state index contributed by atoms with van der Waals surface area (Å²) in [6.07, 6.45) is 0. The Morgan fingerprint density at radius 1 is 0.471 bits per heavy atom. The minimum absolute atomic E-state index is 0.121. The minimum atomic E-state index is 0.121. The molecule has 0 aliphatic rings. The average molecular weight is 449 g/mol. The van der Waals surface area contributed by atoms with Crippen molar-refractivity contribution < 1.29 is 0 Å². The standard InChI is InChI=1S/C32H36N2/c1-23-15-24(2)18-27(17-23)21-33-31(29-11-7-5-8-12-29)32(30-13-9-6-10-14-30)34-22-28-19-25(3)16-26(4)20-28/h5-20,31-34H,21-22H2,1-4H3/t31-,32-/m1/s1. The number of aryl methyl sites for hydroxylation is 4. The van der Waals surface area contributed by atoms with E-state index in [-0.39, 0.29) is 12.1 Å². The second-order valence-corrected chi connectivity index (χ2v) is 9.53. The van der Waals surface area contributed by atoms with Crippen LogP contribution >= 0.6 is 0 Å². The van der Waals surface area contributed by atoms with Gasteiger partial charge in [-0.25, -0.2) is 0 Å². The monoisotopic (exact) mass is 448 g/mol. The summed E-state index contributed by atoms with van der Waals surface area (Å²) < 4.78 is 0. The lowest BCUT2D eigenvalue weighted by Gasteiger charge is -2.30. The zero-order chi connectivity index (χ0) is 23.9. The largest absolute Gasteiger partial charge is 0.304 e. The molecule has 4 aromatic carbocycles. The average Bonchev–Trinajstić information content (AvgIpc) is 2.81. The van der Waals surface area contributed by atoms with E-state index in [2.05, 4.69) is 135 Å². The highest BCUT2D eigenvalue weighted by molar-refractivity contribution is 5.32. The molecule has 34 heavy (non-hydrogen) atoms. The van der Waals surface area contributed by atoms with Gasteiger partial charge in [0.25, 0.3) is 0 Å². The molecule has 2 atom stereocenters. The third-order valence-corrected chi connectivity index (χ3v) is 6.27. The summed E-state index contributed by atoms with van der Waals surface area (Å²) in [5.74, 6) is 0. The molecule has 0 aliphatic carbocycles. The van der Waals surface area contributed by atoms with Crippen LogP contribution in [-0.2, 0) is 13.1 Å². The topological polar surface area (TPSA) is 24.1 Å². The first kappa shape index (κ1) is 23.9. The molecule has 0 bridgehead atoms. The predicted molar refractivity (Wildman–Crippen MR) is 144 cm³/mol. The van der Waals surface area contributed by atoms with Crippen molar-refractivity contribution in [3.05, 3.63) is 142 Å². The molecule has 0 saturated carbocycles. The van der Waals surface area contributed by atoms with Gasteiger partial charge in [0, 0.05) is 13.1 Å².